The second-order valence-electron chi connectivity index (χ2n) is 4.95. The van der Waals surface area contributed by atoms with Crippen LogP contribution in [0, 0.1) is 23.7 Å². The Kier molecular flexibility index (Phi) is 1.73. The summed E-state index contributed by atoms with van der Waals surface area (Å²) < 4.78 is 5.39. The molecule has 2 heteroatoms. The molecule has 2 bridgehead atoms. The molecular weight excluding hydrogens is 176 g/mol. The van der Waals surface area contributed by atoms with Crippen LogP contribution in [0.5, 0.6) is 0 Å². The number of hydrogen-bond acceptors (Lipinski definition) is 2. The average Bonchev–Trinajstić information content (AvgIpc) is 2.68. The maximum absolute atomic E-state index is 10.9. The van der Waals surface area contributed by atoms with Crippen LogP contribution in [-0.4, -0.2) is 12.1 Å². The third-order valence-electron chi connectivity index (χ3n) is 4.26. The number of esters is 1. The first-order chi connectivity index (χ1) is 6.75. The van der Waals surface area contributed by atoms with E-state index in [0.717, 1.165) is 24.2 Å². The van der Waals surface area contributed by atoms with Crippen LogP contribution in [0.25, 0.3) is 0 Å². The van der Waals surface area contributed by atoms with Crippen molar-refractivity contribution in [1.82, 2.24) is 0 Å². The summed E-state index contributed by atoms with van der Waals surface area (Å²) in [6.45, 7) is 1.52. The summed E-state index contributed by atoms with van der Waals surface area (Å²) in [4.78, 5) is 10.9. The molecule has 76 valence electrons. The van der Waals surface area contributed by atoms with Gasteiger partial charge in [-0.2, -0.15) is 0 Å². The van der Waals surface area contributed by atoms with E-state index in [-0.39, 0.29) is 12.1 Å². The molecule has 0 spiro atoms. The predicted octanol–water partition coefficient (Wildman–Crippen LogP) is 2.15. The van der Waals surface area contributed by atoms with Gasteiger partial charge < -0.3 is 4.74 Å². The summed E-state index contributed by atoms with van der Waals surface area (Å²) in [5.41, 5.74) is 0. The molecule has 14 heavy (non-hydrogen) atoms. The summed E-state index contributed by atoms with van der Waals surface area (Å²) in [6.07, 6.45) is 8.54. The molecule has 3 aliphatic rings. The van der Waals surface area contributed by atoms with Crippen LogP contribution < -0.4 is 0 Å². The van der Waals surface area contributed by atoms with E-state index in [1.165, 1.54) is 19.8 Å². The van der Waals surface area contributed by atoms with E-state index >= 15 is 0 Å². The fourth-order valence-corrected chi connectivity index (χ4v) is 3.84. The highest BCUT2D eigenvalue weighted by molar-refractivity contribution is 5.66. The highest BCUT2D eigenvalue weighted by atomic mass is 16.5. The lowest BCUT2D eigenvalue weighted by molar-refractivity contribution is -0.150. The fourth-order valence-electron chi connectivity index (χ4n) is 3.84. The Bertz CT molecular complexity index is 295. The zero-order valence-electron chi connectivity index (χ0n) is 8.48. The number of carbonyl (C=O) groups excluding carboxylic acids is 1. The zero-order valence-corrected chi connectivity index (χ0v) is 8.48. The molecule has 0 radical (unpaired) electrons. The van der Waals surface area contributed by atoms with Gasteiger partial charge in [0.15, 0.2) is 0 Å². The van der Waals surface area contributed by atoms with Crippen LogP contribution in [0.2, 0.25) is 0 Å². The predicted molar refractivity (Wildman–Crippen MR) is 52.5 cm³/mol. The monoisotopic (exact) mass is 192 g/mol. The fraction of sp³-hybridized carbons (Fsp3) is 0.750. The van der Waals surface area contributed by atoms with Gasteiger partial charge in [0.25, 0.3) is 0 Å². The molecule has 2 nitrogen and oxygen atoms in total. The Morgan fingerprint density at radius 2 is 2.21 bits per heavy atom. The van der Waals surface area contributed by atoms with Crippen molar-refractivity contribution in [2.24, 2.45) is 23.7 Å². The maximum atomic E-state index is 10.9. The van der Waals surface area contributed by atoms with Crippen molar-refractivity contribution in [3.8, 4) is 0 Å². The molecule has 2 saturated carbocycles. The Hall–Kier alpha value is -0.790. The molecule has 2 fully saturated rings. The third-order valence-corrected chi connectivity index (χ3v) is 4.26. The van der Waals surface area contributed by atoms with E-state index < -0.39 is 0 Å². The lowest BCUT2D eigenvalue weighted by atomic mass is 9.80. The van der Waals surface area contributed by atoms with Crippen LogP contribution >= 0.6 is 0 Å². The smallest absolute Gasteiger partial charge is 0.302 e. The van der Waals surface area contributed by atoms with Crippen LogP contribution in [0.4, 0.5) is 0 Å². The molecule has 0 amide bonds. The number of rotatable bonds is 1. The first-order valence-corrected chi connectivity index (χ1v) is 5.59. The summed E-state index contributed by atoms with van der Waals surface area (Å²) in [7, 11) is 0. The Morgan fingerprint density at radius 1 is 1.36 bits per heavy atom. The molecule has 3 aliphatic carbocycles. The number of allylic oxidation sites excluding steroid dienone is 2. The molecule has 0 aromatic heterocycles. The number of fused-ring (bicyclic) bond motifs is 5. The quantitative estimate of drug-likeness (QED) is 0.470. The minimum absolute atomic E-state index is 0.106. The lowest BCUT2D eigenvalue weighted by Gasteiger charge is -2.30. The van der Waals surface area contributed by atoms with Gasteiger partial charge in [0, 0.05) is 6.92 Å². The van der Waals surface area contributed by atoms with Gasteiger partial charge in [0.1, 0.15) is 6.10 Å². The topological polar surface area (TPSA) is 26.3 Å². The molecule has 0 N–H and O–H groups in total. The molecule has 0 aromatic rings. The maximum Gasteiger partial charge on any atom is 0.302 e. The van der Waals surface area contributed by atoms with Crippen molar-refractivity contribution in [1.29, 1.82) is 0 Å². The van der Waals surface area contributed by atoms with Crippen LogP contribution in [0.3, 0.4) is 0 Å². The van der Waals surface area contributed by atoms with Gasteiger partial charge in [-0.25, -0.2) is 0 Å². The second kappa shape index (κ2) is 2.85. The number of ether oxygens (including phenoxy) is 1. The van der Waals surface area contributed by atoms with Crippen molar-refractivity contribution >= 4 is 5.97 Å². The highest BCUT2D eigenvalue weighted by Crippen LogP contribution is 2.57. The molecule has 0 saturated heterocycles. The Morgan fingerprint density at radius 3 is 3.00 bits per heavy atom. The first kappa shape index (κ1) is 8.51. The molecule has 0 heterocycles. The Balaban J connectivity index is 1.75. The van der Waals surface area contributed by atoms with E-state index in [4.69, 9.17) is 4.74 Å². The van der Waals surface area contributed by atoms with Crippen molar-refractivity contribution in [3.05, 3.63) is 12.2 Å². The van der Waals surface area contributed by atoms with Crippen molar-refractivity contribution in [2.75, 3.05) is 0 Å². The largest absolute Gasteiger partial charge is 0.462 e. The van der Waals surface area contributed by atoms with Crippen molar-refractivity contribution in [2.45, 2.75) is 32.3 Å². The van der Waals surface area contributed by atoms with E-state index in [0.29, 0.717) is 5.92 Å². The number of hydrogen-bond donors (Lipinski definition) is 0. The van der Waals surface area contributed by atoms with Gasteiger partial charge >= 0.3 is 5.97 Å². The SMILES string of the molecule is CC(=O)O[C@@H]1C[C@H]2C[C@@H]1[C@@H]1CC=C[C@H]21. The number of carbonyl (C=O) groups is 1. The summed E-state index contributed by atoms with van der Waals surface area (Å²) >= 11 is 0. The van der Waals surface area contributed by atoms with E-state index in [1.807, 2.05) is 0 Å². The van der Waals surface area contributed by atoms with Crippen molar-refractivity contribution in [3.63, 3.8) is 0 Å². The summed E-state index contributed by atoms with van der Waals surface area (Å²) in [5.74, 6) is 2.95. The second-order valence-corrected chi connectivity index (χ2v) is 4.95. The Labute approximate surface area is 84.3 Å². The van der Waals surface area contributed by atoms with Crippen LogP contribution in [0.15, 0.2) is 12.2 Å². The van der Waals surface area contributed by atoms with Crippen molar-refractivity contribution < 1.29 is 9.53 Å². The van der Waals surface area contributed by atoms with Gasteiger partial charge in [0.2, 0.25) is 0 Å². The van der Waals surface area contributed by atoms with Gasteiger partial charge in [0.05, 0.1) is 0 Å². The van der Waals surface area contributed by atoms with E-state index in [1.54, 1.807) is 0 Å². The minimum atomic E-state index is -0.106. The molecule has 0 aromatic carbocycles. The van der Waals surface area contributed by atoms with E-state index in [9.17, 15) is 4.79 Å². The molecule has 0 unspecified atom stereocenters. The van der Waals surface area contributed by atoms with Gasteiger partial charge in [-0.1, -0.05) is 12.2 Å². The normalized spacial score (nSPS) is 48.2. The molecular formula is C12H16O2. The zero-order chi connectivity index (χ0) is 9.71. The third kappa shape index (κ3) is 1.06. The van der Waals surface area contributed by atoms with E-state index in [2.05, 4.69) is 12.2 Å². The van der Waals surface area contributed by atoms with Gasteiger partial charge in [-0.3, -0.25) is 4.79 Å². The van der Waals surface area contributed by atoms with Gasteiger partial charge in [-0.15, -0.1) is 0 Å². The standard InChI is InChI=1S/C12H16O2/c1-7(13)14-12-6-8-5-11(12)10-4-2-3-9(8)10/h2-3,8-12H,4-6H2,1H3/t8-,9-,10-,11-,12-/m1/s1. The average molecular weight is 192 g/mol. The molecule has 0 aliphatic heterocycles. The summed E-state index contributed by atoms with van der Waals surface area (Å²) in [6, 6.07) is 0. The molecule has 5 atom stereocenters. The summed E-state index contributed by atoms with van der Waals surface area (Å²) in [5, 5.41) is 0. The van der Waals surface area contributed by atoms with Crippen LogP contribution in [-0.2, 0) is 9.53 Å². The molecule has 3 rings (SSSR count). The highest BCUT2D eigenvalue weighted by Gasteiger charge is 2.53. The van der Waals surface area contributed by atoms with Gasteiger partial charge in [-0.05, 0) is 42.9 Å². The lowest BCUT2D eigenvalue weighted by Crippen LogP contribution is -2.31. The minimum Gasteiger partial charge on any atom is -0.462 e. The first-order valence-electron chi connectivity index (χ1n) is 5.59. The van der Waals surface area contributed by atoms with Crippen LogP contribution in [0.1, 0.15) is 26.2 Å².